The molecule has 0 bridgehead atoms. The minimum Gasteiger partial charge on any atom is -0.363 e. The van der Waals surface area contributed by atoms with Crippen LogP contribution in [0.25, 0.3) is 11.0 Å². The molecule has 37 heavy (non-hydrogen) atoms. The van der Waals surface area contributed by atoms with E-state index in [1.54, 1.807) is 18.7 Å². The SMILES string of the molecule is CCN(Cc1ccccc1)C(=O)c1cc2c(N[C@H](C)c3cccc(C(F)F)c3F)nc(C)nc2[nH]c1=O. The lowest BCUT2D eigenvalue weighted by Crippen LogP contribution is -2.34. The lowest BCUT2D eigenvalue weighted by Gasteiger charge is -2.21. The van der Waals surface area contributed by atoms with Crippen molar-refractivity contribution in [1.82, 2.24) is 19.9 Å². The van der Waals surface area contributed by atoms with Crippen LogP contribution in [0.1, 0.15) is 59.2 Å². The Bertz CT molecular complexity index is 1490. The van der Waals surface area contributed by atoms with Gasteiger partial charge in [0.15, 0.2) is 0 Å². The van der Waals surface area contributed by atoms with Crippen LogP contribution in [-0.4, -0.2) is 32.3 Å². The number of carbonyl (C=O) groups is 1. The van der Waals surface area contributed by atoms with Crippen molar-refractivity contribution in [1.29, 1.82) is 0 Å². The fourth-order valence-electron chi connectivity index (χ4n) is 4.12. The maximum Gasteiger partial charge on any atom is 0.266 e. The Morgan fingerprint density at radius 1 is 1.08 bits per heavy atom. The molecule has 10 heteroatoms. The van der Waals surface area contributed by atoms with E-state index >= 15 is 0 Å². The molecule has 2 heterocycles. The van der Waals surface area contributed by atoms with Crippen molar-refractivity contribution >= 4 is 22.8 Å². The monoisotopic (exact) mass is 509 g/mol. The molecule has 2 aromatic carbocycles. The summed E-state index contributed by atoms with van der Waals surface area (Å²) in [5.41, 5.74) is -0.251. The molecule has 1 amide bonds. The summed E-state index contributed by atoms with van der Waals surface area (Å²) < 4.78 is 41.1. The molecule has 0 radical (unpaired) electrons. The lowest BCUT2D eigenvalue weighted by atomic mass is 10.0. The number of H-pyrrole nitrogens is 1. The number of pyridine rings is 1. The van der Waals surface area contributed by atoms with E-state index in [2.05, 4.69) is 20.3 Å². The van der Waals surface area contributed by atoms with Crippen LogP contribution in [0.2, 0.25) is 0 Å². The number of nitrogens with zero attached hydrogens (tertiary/aromatic N) is 3. The zero-order chi connectivity index (χ0) is 26.7. The Hall–Kier alpha value is -4.21. The number of rotatable bonds is 8. The quantitative estimate of drug-likeness (QED) is 0.326. The predicted octanol–water partition coefficient (Wildman–Crippen LogP) is 5.54. The third kappa shape index (κ3) is 5.47. The third-order valence-corrected chi connectivity index (χ3v) is 6.05. The fraction of sp³-hybridized carbons (Fsp3) is 0.259. The van der Waals surface area contributed by atoms with E-state index in [1.165, 1.54) is 18.2 Å². The number of nitrogens with one attached hydrogen (secondary N) is 2. The predicted molar refractivity (Wildman–Crippen MR) is 135 cm³/mol. The minimum absolute atomic E-state index is 0.0305. The summed E-state index contributed by atoms with van der Waals surface area (Å²) in [6.45, 7) is 5.73. The van der Waals surface area contributed by atoms with Gasteiger partial charge in [0.05, 0.1) is 17.0 Å². The molecule has 2 N–H and O–H groups in total. The van der Waals surface area contributed by atoms with Gasteiger partial charge in [0.1, 0.15) is 28.7 Å². The number of benzene rings is 2. The van der Waals surface area contributed by atoms with Crippen molar-refractivity contribution in [2.45, 2.75) is 39.8 Å². The fourth-order valence-corrected chi connectivity index (χ4v) is 4.12. The average molecular weight is 510 g/mol. The highest BCUT2D eigenvalue weighted by Crippen LogP contribution is 2.30. The molecule has 2 aromatic heterocycles. The highest BCUT2D eigenvalue weighted by molar-refractivity contribution is 5.98. The summed E-state index contributed by atoms with van der Waals surface area (Å²) in [6.07, 6.45) is -2.95. The summed E-state index contributed by atoms with van der Waals surface area (Å²) in [7, 11) is 0. The van der Waals surface area contributed by atoms with Gasteiger partial charge in [0, 0.05) is 18.7 Å². The Kier molecular flexibility index (Phi) is 7.56. The van der Waals surface area contributed by atoms with Gasteiger partial charge in [-0.3, -0.25) is 9.59 Å². The number of aryl methyl sites for hydroxylation is 1. The van der Waals surface area contributed by atoms with Crippen LogP contribution >= 0.6 is 0 Å². The molecule has 7 nitrogen and oxygen atoms in total. The van der Waals surface area contributed by atoms with E-state index in [0.29, 0.717) is 24.3 Å². The Morgan fingerprint density at radius 2 is 1.78 bits per heavy atom. The van der Waals surface area contributed by atoms with Gasteiger partial charge in [-0.05, 0) is 32.4 Å². The number of fused-ring (bicyclic) bond motifs is 1. The first-order valence-corrected chi connectivity index (χ1v) is 11.8. The molecule has 0 saturated heterocycles. The molecule has 1 atom stereocenters. The van der Waals surface area contributed by atoms with Gasteiger partial charge in [-0.2, -0.15) is 0 Å². The number of hydrogen-bond donors (Lipinski definition) is 2. The Balaban J connectivity index is 1.72. The number of halogens is 3. The first kappa shape index (κ1) is 25.9. The topological polar surface area (TPSA) is 91.0 Å². The maximum absolute atomic E-state index is 14.7. The molecule has 4 rings (SSSR count). The van der Waals surface area contributed by atoms with Crippen molar-refractivity contribution < 1.29 is 18.0 Å². The third-order valence-electron chi connectivity index (χ3n) is 6.05. The highest BCUT2D eigenvalue weighted by Gasteiger charge is 2.23. The van der Waals surface area contributed by atoms with E-state index in [4.69, 9.17) is 0 Å². The molecule has 0 aliphatic rings. The van der Waals surface area contributed by atoms with Crippen LogP contribution in [0.4, 0.5) is 19.0 Å². The Morgan fingerprint density at radius 3 is 2.46 bits per heavy atom. The second kappa shape index (κ2) is 10.8. The standard InChI is InChI=1S/C27H26F3N5O2/c1-4-35(14-17-9-6-5-7-10-17)27(37)21-13-20-24(32-16(3)33-25(20)34-26(21)36)31-15(2)18-11-8-12-19(22(18)28)23(29)30/h5-13,15,23H,4,14H2,1-3H3,(H2,31,32,33,34,36)/t15-/m1/s1. The highest BCUT2D eigenvalue weighted by atomic mass is 19.3. The molecule has 0 aliphatic carbocycles. The minimum atomic E-state index is -2.95. The van der Waals surface area contributed by atoms with Gasteiger partial charge >= 0.3 is 0 Å². The normalized spacial score (nSPS) is 12.1. The van der Waals surface area contributed by atoms with Crippen LogP contribution in [0.3, 0.4) is 0 Å². The smallest absolute Gasteiger partial charge is 0.266 e. The van der Waals surface area contributed by atoms with Crippen LogP contribution in [0.15, 0.2) is 59.4 Å². The first-order chi connectivity index (χ1) is 17.7. The summed E-state index contributed by atoms with van der Waals surface area (Å²) >= 11 is 0. The second-order valence-corrected chi connectivity index (χ2v) is 8.62. The van der Waals surface area contributed by atoms with Gasteiger partial charge in [-0.15, -0.1) is 0 Å². The number of carbonyl (C=O) groups excluding carboxylic acids is 1. The number of aromatic nitrogens is 3. The number of anilines is 1. The van der Waals surface area contributed by atoms with Crippen molar-refractivity contribution in [2.24, 2.45) is 0 Å². The summed E-state index contributed by atoms with van der Waals surface area (Å²) in [5.74, 6) is -0.924. The van der Waals surface area contributed by atoms with Gasteiger partial charge in [-0.25, -0.2) is 23.1 Å². The van der Waals surface area contributed by atoms with Crippen molar-refractivity contribution in [3.8, 4) is 0 Å². The number of amides is 1. The molecule has 0 fully saturated rings. The van der Waals surface area contributed by atoms with Crippen LogP contribution < -0.4 is 10.9 Å². The number of alkyl halides is 2. The van der Waals surface area contributed by atoms with Crippen LogP contribution in [-0.2, 0) is 6.54 Å². The van der Waals surface area contributed by atoms with Crippen molar-refractivity contribution in [3.05, 3.63) is 98.8 Å². The molecular weight excluding hydrogens is 483 g/mol. The first-order valence-electron chi connectivity index (χ1n) is 11.8. The number of aromatic amines is 1. The zero-order valence-corrected chi connectivity index (χ0v) is 20.6. The summed E-state index contributed by atoms with van der Waals surface area (Å²) in [4.78, 5) is 39.0. The second-order valence-electron chi connectivity index (χ2n) is 8.62. The van der Waals surface area contributed by atoms with Crippen molar-refractivity contribution in [3.63, 3.8) is 0 Å². The largest absolute Gasteiger partial charge is 0.363 e. The zero-order valence-electron chi connectivity index (χ0n) is 20.6. The summed E-state index contributed by atoms with van der Waals surface area (Å²) in [6, 6.07) is 13.9. The van der Waals surface area contributed by atoms with E-state index < -0.39 is 35.3 Å². The summed E-state index contributed by atoms with van der Waals surface area (Å²) in [5, 5.41) is 3.37. The molecule has 0 spiro atoms. The van der Waals surface area contributed by atoms with E-state index in [9.17, 15) is 22.8 Å². The van der Waals surface area contributed by atoms with Gasteiger partial charge < -0.3 is 15.2 Å². The molecular formula is C27H26F3N5O2. The van der Waals surface area contributed by atoms with E-state index in [1.807, 2.05) is 37.3 Å². The average Bonchev–Trinajstić information content (AvgIpc) is 2.87. The van der Waals surface area contributed by atoms with Gasteiger partial charge in [0.2, 0.25) is 0 Å². The van der Waals surface area contributed by atoms with Gasteiger partial charge in [-0.1, -0.05) is 48.5 Å². The van der Waals surface area contributed by atoms with Gasteiger partial charge in [0.25, 0.3) is 17.9 Å². The van der Waals surface area contributed by atoms with Crippen LogP contribution in [0.5, 0.6) is 0 Å². The molecule has 0 unspecified atom stereocenters. The lowest BCUT2D eigenvalue weighted by molar-refractivity contribution is 0.0751. The number of hydrogen-bond acceptors (Lipinski definition) is 5. The van der Waals surface area contributed by atoms with Crippen LogP contribution in [0, 0.1) is 12.7 Å². The van der Waals surface area contributed by atoms with E-state index in [0.717, 1.165) is 11.6 Å². The molecule has 4 aromatic rings. The molecule has 0 saturated carbocycles. The van der Waals surface area contributed by atoms with E-state index in [-0.39, 0.29) is 22.6 Å². The Labute approximate surface area is 211 Å². The van der Waals surface area contributed by atoms with Crippen molar-refractivity contribution in [2.75, 3.05) is 11.9 Å². The molecule has 192 valence electrons. The molecule has 0 aliphatic heterocycles. The maximum atomic E-state index is 14.7.